The highest BCUT2D eigenvalue weighted by atomic mass is 32.2. The number of rotatable bonds is 6. The molecule has 4 rings (SSSR count). The van der Waals surface area contributed by atoms with Crippen molar-refractivity contribution in [2.75, 3.05) is 7.11 Å². The number of benzene rings is 3. The number of nitrogens with zero attached hydrogens (tertiary/aromatic N) is 1. The Balaban J connectivity index is 1.94. The van der Waals surface area contributed by atoms with Crippen molar-refractivity contribution in [3.63, 3.8) is 0 Å². The summed E-state index contributed by atoms with van der Waals surface area (Å²) in [5, 5.41) is 0.854. The number of ether oxygens (including phenoxy) is 1. The van der Waals surface area contributed by atoms with Crippen LogP contribution in [-0.2, 0) is 9.84 Å². The molecule has 0 spiro atoms. The van der Waals surface area contributed by atoms with E-state index in [1.54, 1.807) is 12.1 Å². The van der Waals surface area contributed by atoms with Crippen molar-refractivity contribution < 1.29 is 17.6 Å². The van der Waals surface area contributed by atoms with Gasteiger partial charge in [0.15, 0.2) is 0 Å². The van der Waals surface area contributed by atoms with Gasteiger partial charge in [-0.2, -0.15) is 0 Å². The lowest BCUT2D eigenvalue weighted by Crippen LogP contribution is -2.39. The summed E-state index contributed by atoms with van der Waals surface area (Å²) in [6, 6.07) is 24.6. The van der Waals surface area contributed by atoms with Gasteiger partial charge >= 0.3 is 4.87 Å². The van der Waals surface area contributed by atoms with Gasteiger partial charge in [-0.3, -0.25) is 4.85 Å². The maximum atomic E-state index is 13.8. The highest BCUT2D eigenvalue weighted by Crippen LogP contribution is 2.45. The van der Waals surface area contributed by atoms with E-state index in [2.05, 4.69) is 4.85 Å². The zero-order chi connectivity index (χ0) is 22.1. The average Bonchev–Trinajstić information content (AvgIpc) is 3.23. The van der Waals surface area contributed by atoms with Gasteiger partial charge in [-0.05, 0) is 42.0 Å². The fourth-order valence-electron chi connectivity index (χ4n) is 3.80. The highest BCUT2D eigenvalue weighted by Gasteiger charge is 2.56. The molecule has 0 bridgehead atoms. The zero-order valence-corrected chi connectivity index (χ0v) is 18.0. The molecule has 31 heavy (non-hydrogen) atoms. The second-order valence-corrected chi connectivity index (χ2v) is 9.68. The van der Waals surface area contributed by atoms with Gasteiger partial charge in [-0.1, -0.05) is 48.5 Å². The molecule has 0 N–H and O–H groups in total. The molecule has 4 aromatic rings. The lowest BCUT2D eigenvalue weighted by molar-refractivity contribution is 0.414. The molecule has 6 heteroatoms. The molecule has 0 radical (unpaired) electrons. The molecule has 0 saturated carbocycles. The minimum Gasteiger partial charge on any atom is -0.497 e. The molecule has 0 fully saturated rings. The van der Waals surface area contributed by atoms with Gasteiger partial charge in [-0.25, -0.2) is 15.0 Å². The number of fused-ring (bicyclic) bond motifs is 1. The second-order valence-electron chi connectivity index (χ2n) is 7.38. The number of para-hydroxylation sites is 1. The maximum absolute atomic E-state index is 13.8. The Morgan fingerprint density at radius 3 is 2.23 bits per heavy atom. The first-order valence-corrected chi connectivity index (χ1v) is 11.2. The Hall–Kier alpha value is -3.56. The Labute approximate surface area is 181 Å². The van der Waals surface area contributed by atoms with Crippen molar-refractivity contribution >= 4 is 20.8 Å². The van der Waals surface area contributed by atoms with Gasteiger partial charge in [0.1, 0.15) is 23.0 Å². The van der Waals surface area contributed by atoms with Crippen LogP contribution in [0.3, 0.4) is 0 Å². The molecule has 0 aliphatic carbocycles. The summed E-state index contributed by atoms with van der Waals surface area (Å²) < 4.78 is 38.8. The topological polar surface area (TPSA) is 60.9 Å². The minimum absolute atomic E-state index is 0.0591. The van der Waals surface area contributed by atoms with E-state index >= 15 is 0 Å². The number of hydrogen-bond acceptors (Lipinski definition) is 4. The fourth-order valence-corrected chi connectivity index (χ4v) is 5.46. The molecule has 3 aromatic carbocycles. The van der Waals surface area contributed by atoms with E-state index in [9.17, 15) is 8.42 Å². The smallest absolute Gasteiger partial charge is 0.344 e. The molecule has 2 unspecified atom stereocenters. The first-order valence-electron chi connectivity index (χ1n) is 9.71. The largest absolute Gasteiger partial charge is 0.497 e. The first-order chi connectivity index (χ1) is 14.9. The van der Waals surface area contributed by atoms with Crippen LogP contribution in [0.5, 0.6) is 5.75 Å². The quantitative estimate of drug-likeness (QED) is 0.368. The number of furan rings is 1. The molecule has 156 valence electrons. The summed E-state index contributed by atoms with van der Waals surface area (Å²) >= 11 is 0. The van der Waals surface area contributed by atoms with Crippen LogP contribution in [0.2, 0.25) is 0 Å². The van der Waals surface area contributed by atoms with Gasteiger partial charge in [0.2, 0.25) is 0 Å². The third-order valence-electron chi connectivity index (χ3n) is 5.53. The van der Waals surface area contributed by atoms with Gasteiger partial charge in [0.25, 0.3) is 9.84 Å². The molecule has 0 saturated heterocycles. The summed E-state index contributed by atoms with van der Waals surface area (Å²) in [7, 11) is -2.56. The zero-order valence-electron chi connectivity index (χ0n) is 17.1. The van der Waals surface area contributed by atoms with Crippen molar-refractivity contribution in [1.29, 1.82) is 0 Å². The maximum Gasteiger partial charge on any atom is 0.344 e. The van der Waals surface area contributed by atoms with Crippen molar-refractivity contribution in [1.82, 2.24) is 0 Å². The van der Waals surface area contributed by atoms with Crippen molar-refractivity contribution in [2.24, 2.45) is 0 Å². The Bertz CT molecular complexity index is 1320. The Morgan fingerprint density at radius 1 is 0.968 bits per heavy atom. The number of hydrogen-bond donors (Lipinski definition) is 0. The van der Waals surface area contributed by atoms with Crippen LogP contribution in [-0.4, -0.2) is 20.4 Å². The number of methoxy groups -OCH3 is 1. The van der Waals surface area contributed by atoms with Gasteiger partial charge < -0.3 is 9.15 Å². The lowest BCUT2D eigenvalue weighted by Gasteiger charge is -2.26. The van der Waals surface area contributed by atoms with Crippen molar-refractivity contribution in [3.8, 4) is 5.75 Å². The summed E-state index contributed by atoms with van der Waals surface area (Å²) in [5.74, 6) is 0.147. The average molecular weight is 432 g/mol. The second kappa shape index (κ2) is 7.93. The molecule has 1 aromatic heterocycles. The summed E-state index contributed by atoms with van der Waals surface area (Å²) in [4.78, 5) is 1.93. The van der Waals surface area contributed by atoms with E-state index in [1.165, 1.54) is 26.2 Å². The van der Waals surface area contributed by atoms with Crippen LogP contribution in [0, 0.1) is 6.57 Å². The third-order valence-corrected chi connectivity index (χ3v) is 7.84. The molecule has 0 aliphatic rings. The minimum atomic E-state index is -4.08. The lowest BCUT2D eigenvalue weighted by atomic mass is 9.89. The molecule has 0 aliphatic heterocycles. The van der Waals surface area contributed by atoms with Crippen LogP contribution < -0.4 is 4.74 Å². The van der Waals surface area contributed by atoms with E-state index in [1.807, 2.05) is 60.7 Å². The van der Waals surface area contributed by atoms with E-state index in [0.29, 0.717) is 22.7 Å². The molecular weight excluding hydrogens is 410 g/mol. The Morgan fingerprint density at radius 2 is 1.61 bits per heavy atom. The van der Waals surface area contributed by atoms with Gasteiger partial charge in [0.05, 0.1) is 12.0 Å². The summed E-state index contributed by atoms with van der Waals surface area (Å²) in [5.41, 5.74) is 1.34. The third kappa shape index (κ3) is 3.47. The van der Waals surface area contributed by atoms with E-state index in [4.69, 9.17) is 15.7 Å². The monoisotopic (exact) mass is 431 g/mol. The van der Waals surface area contributed by atoms with Gasteiger partial charge in [-0.15, -0.1) is 0 Å². The van der Waals surface area contributed by atoms with Crippen LogP contribution in [0.15, 0.2) is 94.2 Å². The van der Waals surface area contributed by atoms with Crippen molar-refractivity contribution in [3.05, 3.63) is 108 Å². The molecule has 1 heterocycles. The molecule has 0 amide bonds. The van der Waals surface area contributed by atoms with Gasteiger partial charge in [0, 0.05) is 12.3 Å². The van der Waals surface area contributed by atoms with E-state index in [0.717, 1.165) is 5.39 Å². The molecule has 2 atom stereocenters. The normalized spacial score (nSPS) is 14.5. The molecule has 5 nitrogen and oxygen atoms in total. The van der Waals surface area contributed by atoms with Crippen LogP contribution in [0.4, 0.5) is 0 Å². The predicted molar refractivity (Wildman–Crippen MR) is 120 cm³/mol. The van der Waals surface area contributed by atoms with Crippen LogP contribution in [0.25, 0.3) is 15.8 Å². The first kappa shape index (κ1) is 20.7. The van der Waals surface area contributed by atoms with Crippen molar-refractivity contribution in [2.45, 2.75) is 22.6 Å². The van der Waals surface area contributed by atoms with E-state index < -0.39 is 20.6 Å². The van der Waals surface area contributed by atoms with Crippen LogP contribution >= 0.6 is 0 Å². The molecular formula is C25H21NO4S. The van der Waals surface area contributed by atoms with E-state index in [-0.39, 0.29) is 4.90 Å². The predicted octanol–water partition coefficient (Wildman–Crippen LogP) is 5.68. The highest BCUT2D eigenvalue weighted by molar-refractivity contribution is 7.93. The standard InChI is InChI=1S/C25H21NO4S/c1-25(26-2,31(27,28)21-15-13-20(29-3)14-16-21)24(18-9-5-4-6-10-18)23-17-19-11-7-8-12-22(19)30-23/h4-17,24H,1,3H3. The Kier molecular flexibility index (Phi) is 5.30. The number of sulfone groups is 1. The summed E-state index contributed by atoms with van der Waals surface area (Å²) in [6.07, 6.45) is 0. The SMILES string of the molecule is [C-]#[N+]C(C)(C(c1ccccc1)c1cc2ccccc2o1)S(=O)(=O)c1ccc(OC)cc1. The summed E-state index contributed by atoms with van der Waals surface area (Å²) in [6.45, 7) is 9.45. The fraction of sp³-hybridized carbons (Fsp3) is 0.160. The van der Waals surface area contributed by atoms with Crippen LogP contribution in [0.1, 0.15) is 24.2 Å².